The molecular weight excluding hydrogens is 181 g/mol. The van der Waals surface area contributed by atoms with Crippen molar-refractivity contribution in [2.45, 2.75) is 6.42 Å². The third-order valence-corrected chi connectivity index (χ3v) is 2.23. The highest BCUT2D eigenvalue weighted by atomic mass is 19.1. The Morgan fingerprint density at radius 3 is 3.14 bits per heavy atom. The lowest BCUT2D eigenvalue weighted by atomic mass is 10.1. The molecule has 0 aliphatic rings. The average molecular weight is 193 g/mol. The summed E-state index contributed by atoms with van der Waals surface area (Å²) in [5.74, 6) is -0.206. The van der Waals surface area contributed by atoms with E-state index in [2.05, 4.69) is 15.5 Å². The van der Waals surface area contributed by atoms with Gasteiger partial charge in [-0.05, 0) is 19.2 Å². The number of hydrogen-bond acceptors (Lipinski definition) is 2. The highest BCUT2D eigenvalue weighted by Crippen LogP contribution is 2.19. The normalized spacial score (nSPS) is 11.0. The molecule has 0 saturated heterocycles. The van der Waals surface area contributed by atoms with Crippen LogP contribution in [0.5, 0.6) is 0 Å². The van der Waals surface area contributed by atoms with Gasteiger partial charge in [0.25, 0.3) is 0 Å². The molecule has 1 aromatic carbocycles. The van der Waals surface area contributed by atoms with Crippen molar-refractivity contribution in [2.24, 2.45) is 0 Å². The molecular formula is C10H12FN3. The van der Waals surface area contributed by atoms with Crippen molar-refractivity contribution < 1.29 is 4.39 Å². The quantitative estimate of drug-likeness (QED) is 0.774. The van der Waals surface area contributed by atoms with E-state index in [1.807, 2.05) is 7.05 Å². The van der Waals surface area contributed by atoms with Gasteiger partial charge < -0.3 is 5.32 Å². The van der Waals surface area contributed by atoms with Crippen LogP contribution in [0, 0.1) is 5.82 Å². The molecule has 1 heterocycles. The van der Waals surface area contributed by atoms with E-state index >= 15 is 0 Å². The molecule has 0 amide bonds. The number of H-pyrrole nitrogens is 1. The Morgan fingerprint density at radius 2 is 2.36 bits per heavy atom. The summed E-state index contributed by atoms with van der Waals surface area (Å²) in [7, 11) is 1.87. The fourth-order valence-corrected chi connectivity index (χ4v) is 1.52. The summed E-state index contributed by atoms with van der Waals surface area (Å²) in [5, 5.41) is 10.5. The van der Waals surface area contributed by atoms with Crippen molar-refractivity contribution in [3.8, 4) is 0 Å². The lowest BCUT2D eigenvalue weighted by Crippen LogP contribution is -2.10. The van der Waals surface area contributed by atoms with Crippen LogP contribution < -0.4 is 5.32 Å². The first-order valence-electron chi connectivity index (χ1n) is 4.59. The molecule has 0 atom stereocenters. The number of likely N-dealkylation sites (N-methyl/N-ethyl adjacent to an activating group) is 1. The monoisotopic (exact) mass is 193 g/mol. The summed E-state index contributed by atoms with van der Waals surface area (Å²) in [6.07, 6.45) is 0.758. The predicted molar refractivity (Wildman–Crippen MR) is 53.7 cm³/mol. The van der Waals surface area contributed by atoms with Crippen LogP contribution in [-0.4, -0.2) is 23.8 Å². The van der Waals surface area contributed by atoms with Crippen molar-refractivity contribution >= 4 is 10.9 Å². The Kier molecular flexibility index (Phi) is 2.45. The van der Waals surface area contributed by atoms with Gasteiger partial charge in [-0.15, -0.1) is 0 Å². The molecule has 3 nitrogen and oxygen atoms in total. The average Bonchev–Trinajstić information content (AvgIpc) is 2.59. The van der Waals surface area contributed by atoms with Crippen LogP contribution >= 0.6 is 0 Å². The number of aromatic nitrogens is 2. The molecule has 2 N–H and O–H groups in total. The maximum absolute atomic E-state index is 13.4. The maximum atomic E-state index is 13.4. The number of nitrogens with zero attached hydrogens (tertiary/aromatic N) is 1. The van der Waals surface area contributed by atoms with Crippen molar-refractivity contribution in [1.82, 2.24) is 15.5 Å². The van der Waals surface area contributed by atoms with E-state index in [0.29, 0.717) is 10.9 Å². The van der Waals surface area contributed by atoms with E-state index in [1.54, 1.807) is 12.1 Å². The van der Waals surface area contributed by atoms with Gasteiger partial charge >= 0.3 is 0 Å². The molecule has 4 heteroatoms. The van der Waals surface area contributed by atoms with E-state index < -0.39 is 0 Å². The molecule has 0 spiro atoms. The van der Waals surface area contributed by atoms with Crippen LogP contribution in [0.1, 0.15) is 5.69 Å². The Balaban J connectivity index is 2.45. The third kappa shape index (κ3) is 1.48. The lowest BCUT2D eigenvalue weighted by Gasteiger charge is -1.98. The van der Waals surface area contributed by atoms with E-state index in [-0.39, 0.29) is 5.82 Å². The minimum atomic E-state index is -0.206. The third-order valence-electron chi connectivity index (χ3n) is 2.23. The standard InChI is InChI=1S/C10H12FN3/c1-12-6-5-9-10-7(11)3-2-4-8(10)13-14-9/h2-4,12H,5-6H2,1H3,(H,13,14). The molecule has 2 aromatic rings. The topological polar surface area (TPSA) is 40.7 Å². The SMILES string of the molecule is CNCCc1[nH]nc2cccc(F)c12. The molecule has 0 unspecified atom stereocenters. The van der Waals surface area contributed by atoms with Gasteiger partial charge in [0.15, 0.2) is 0 Å². The highest BCUT2D eigenvalue weighted by Gasteiger charge is 2.08. The van der Waals surface area contributed by atoms with Crippen LogP contribution in [0.25, 0.3) is 10.9 Å². The van der Waals surface area contributed by atoms with Crippen molar-refractivity contribution in [1.29, 1.82) is 0 Å². The molecule has 0 radical (unpaired) electrons. The van der Waals surface area contributed by atoms with E-state index in [0.717, 1.165) is 18.7 Å². The highest BCUT2D eigenvalue weighted by molar-refractivity contribution is 5.81. The molecule has 0 bridgehead atoms. The van der Waals surface area contributed by atoms with Gasteiger partial charge in [0.1, 0.15) is 5.82 Å². The molecule has 14 heavy (non-hydrogen) atoms. The number of aromatic amines is 1. The second-order valence-electron chi connectivity index (χ2n) is 3.19. The molecule has 0 aliphatic heterocycles. The van der Waals surface area contributed by atoms with Crippen LogP contribution in [0.2, 0.25) is 0 Å². The minimum absolute atomic E-state index is 0.206. The van der Waals surface area contributed by atoms with E-state index in [4.69, 9.17) is 0 Å². The number of halogens is 1. The Labute approximate surface area is 81.3 Å². The second kappa shape index (κ2) is 3.75. The van der Waals surface area contributed by atoms with E-state index in [9.17, 15) is 4.39 Å². The molecule has 0 fully saturated rings. The van der Waals surface area contributed by atoms with Crippen molar-refractivity contribution in [3.05, 3.63) is 29.7 Å². The Bertz CT molecular complexity index is 436. The Hall–Kier alpha value is -1.42. The van der Waals surface area contributed by atoms with Gasteiger partial charge in [-0.25, -0.2) is 4.39 Å². The summed E-state index contributed by atoms with van der Waals surface area (Å²) >= 11 is 0. The summed E-state index contributed by atoms with van der Waals surface area (Å²) in [5.41, 5.74) is 1.54. The number of hydrogen-bond donors (Lipinski definition) is 2. The largest absolute Gasteiger partial charge is 0.319 e. The first kappa shape index (κ1) is 9.15. The van der Waals surface area contributed by atoms with Crippen LogP contribution in [0.3, 0.4) is 0 Å². The van der Waals surface area contributed by atoms with Gasteiger partial charge in [0.05, 0.1) is 10.9 Å². The number of fused-ring (bicyclic) bond motifs is 1. The minimum Gasteiger partial charge on any atom is -0.319 e. The van der Waals surface area contributed by atoms with Crippen LogP contribution in [0.15, 0.2) is 18.2 Å². The smallest absolute Gasteiger partial charge is 0.134 e. The van der Waals surface area contributed by atoms with Crippen molar-refractivity contribution in [3.63, 3.8) is 0 Å². The number of benzene rings is 1. The molecule has 0 aliphatic carbocycles. The lowest BCUT2D eigenvalue weighted by molar-refractivity contribution is 0.638. The van der Waals surface area contributed by atoms with Gasteiger partial charge in [0, 0.05) is 18.7 Å². The maximum Gasteiger partial charge on any atom is 0.134 e. The predicted octanol–water partition coefficient (Wildman–Crippen LogP) is 1.46. The zero-order valence-corrected chi connectivity index (χ0v) is 7.97. The molecule has 0 saturated carbocycles. The second-order valence-corrected chi connectivity index (χ2v) is 3.19. The van der Waals surface area contributed by atoms with Gasteiger partial charge in [-0.3, -0.25) is 5.10 Å². The zero-order chi connectivity index (χ0) is 9.97. The van der Waals surface area contributed by atoms with Gasteiger partial charge in [0.2, 0.25) is 0 Å². The van der Waals surface area contributed by atoms with Gasteiger partial charge in [-0.2, -0.15) is 5.10 Å². The zero-order valence-electron chi connectivity index (χ0n) is 7.97. The Morgan fingerprint density at radius 1 is 1.50 bits per heavy atom. The number of nitrogens with one attached hydrogen (secondary N) is 2. The number of rotatable bonds is 3. The summed E-state index contributed by atoms with van der Waals surface area (Å²) < 4.78 is 13.4. The fraction of sp³-hybridized carbons (Fsp3) is 0.300. The van der Waals surface area contributed by atoms with E-state index in [1.165, 1.54) is 6.07 Å². The summed E-state index contributed by atoms with van der Waals surface area (Å²) in [6.45, 7) is 0.811. The summed E-state index contributed by atoms with van der Waals surface area (Å²) in [4.78, 5) is 0. The van der Waals surface area contributed by atoms with Gasteiger partial charge in [-0.1, -0.05) is 6.07 Å². The van der Waals surface area contributed by atoms with Crippen LogP contribution in [0.4, 0.5) is 4.39 Å². The fourth-order valence-electron chi connectivity index (χ4n) is 1.52. The summed E-state index contributed by atoms with van der Waals surface area (Å²) in [6, 6.07) is 4.93. The van der Waals surface area contributed by atoms with Crippen molar-refractivity contribution in [2.75, 3.05) is 13.6 Å². The molecule has 74 valence electrons. The molecule has 2 rings (SSSR count). The van der Waals surface area contributed by atoms with Crippen LogP contribution in [-0.2, 0) is 6.42 Å². The first-order valence-corrected chi connectivity index (χ1v) is 4.59. The molecule has 1 aromatic heterocycles. The first-order chi connectivity index (χ1) is 6.83.